The zero-order valence-corrected chi connectivity index (χ0v) is 10.1. The van der Waals surface area contributed by atoms with Crippen molar-refractivity contribution < 1.29 is 9.53 Å². The first-order valence-electron chi connectivity index (χ1n) is 6.22. The van der Waals surface area contributed by atoms with Crippen LogP contribution in [0, 0.1) is 5.92 Å². The molecule has 0 aromatic heterocycles. The van der Waals surface area contributed by atoms with Crippen LogP contribution in [0.25, 0.3) is 0 Å². The number of amides is 1. The summed E-state index contributed by atoms with van der Waals surface area (Å²) < 4.78 is 5.40. The molecular formula is C13H17N3O2. The van der Waals surface area contributed by atoms with Gasteiger partial charge in [0.25, 0.3) is 5.91 Å². The number of ether oxygens (including phenoxy) is 1. The van der Waals surface area contributed by atoms with Gasteiger partial charge in [0.1, 0.15) is 5.75 Å². The number of rotatable bonds is 2. The molecule has 5 nitrogen and oxygen atoms in total. The van der Waals surface area contributed by atoms with Crippen LogP contribution in [-0.4, -0.2) is 25.1 Å². The summed E-state index contributed by atoms with van der Waals surface area (Å²) in [7, 11) is 0. The van der Waals surface area contributed by atoms with Crippen LogP contribution in [0.4, 0.5) is 11.4 Å². The van der Waals surface area contributed by atoms with Gasteiger partial charge in [0.2, 0.25) is 0 Å². The highest BCUT2D eigenvalue weighted by Gasteiger charge is 2.32. The smallest absolute Gasteiger partial charge is 0.265 e. The first kappa shape index (κ1) is 11.3. The van der Waals surface area contributed by atoms with Crippen LogP contribution in [-0.2, 0) is 4.79 Å². The molecule has 1 heterocycles. The summed E-state index contributed by atoms with van der Waals surface area (Å²) in [4.78, 5) is 13.7. The molecule has 1 amide bonds. The second-order valence-corrected chi connectivity index (χ2v) is 5.12. The van der Waals surface area contributed by atoms with Crippen molar-refractivity contribution in [2.24, 2.45) is 11.7 Å². The molecule has 5 heteroatoms. The standard InChI is InChI=1S/C13H17N3O2/c14-9-1-2-12-11(5-9)16(13(17)7-18-12)6-8-3-10(15)4-8/h1-2,5,8,10H,3-4,6-7,14-15H2. The third-order valence-corrected chi connectivity index (χ3v) is 3.64. The molecule has 0 spiro atoms. The van der Waals surface area contributed by atoms with Gasteiger partial charge >= 0.3 is 0 Å². The Morgan fingerprint density at radius 3 is 2.89 bits per heavy atom. The van der Waals surface area contributed by atoms with Crippen LogP contribution >= 0.6 is 0 Å². The molecule has 18 heavy (non-hydrogen) atoms. The predicted octanol–water partition coefficient (Wildman–Crippen LogP) is 0.732. The van der Waals surface area contributed by atoms with E-state index in [0.717, 1.165) is 24.3 Å². The highest BCUT2D eigenvalue weighted by Crippen LogP contribution is 2.36. The van der Waals surface area contributed by atoms with Gasteiger partial charge in [-0.2, -0.15) is 0 Å². The number of hydrogen-bond donors (Lipinski definition) is 2. The number of nitrogens with zero attached hydrogens (tertiary/aromatic N) is 1. The van der Waals surface area contributed by atoms with Crippen molar-refractivity contribution in [2.45, 2.75) is 18.9 Å². The normalized spacial score (nSPS) is 26.3. The van der Waals surface area contributed by atoms with E-state index >= 15 is 0 Å². The second kappa shape index (κ2) is 4.17. The minimum atomic E-state index is -0.00595. The fourth-order valence-electron chi connectivity index (χ4n) is 2.61. The van der Waals surface area contributed by atoms with Crippen LogP contribution < -0.4 is 21.1 Å². The Kier molecular flexibility index (Phi) is 2.63. The van der Waals surface area contributed by atoms with Gasteiger partial charge in [0.15, 0.2) is 6.61 Å². The van der Waals surface area contributed by atoms with Crippen molar-refractivity contribution in [3.8, 4) is 5.75 Å². The number of anilines is 2. The Labute approximate surface area is 106 Å². The van der Waals surface area contributed by atoms with E-state index in [1.807, 2.05) is 6.07 Å². The largest absolute Gasteiger partial charge is 0.482 e. The number of carbonyl (C=O) groups excluding carboxylic acids is 1. The maximum atomic E-state index is 12.0. The Hall–Kier alpha value is -1.75. The topological polar surface area (TPSA) is 81.6 Å². The molecule has 1 fully saturated rings. The van der Waals surface area contributed by atoms with E-state index in [0.29, 0.717) is 24.2 Å². The van der Waals surface area contributed by atoms with Crippen LogP contribution in [0.1, 0.15) is 12.8 Å². The SMILES string of the molecule is Nc1ccc2c(c1)N(CC1CC(N)C1)C(=O)CO2. The number of nitrogens with two attached hydrogens (primary N) is 2. The van der Waals surface area contributed by atoms with Gasteiger partial charge in [-0.3, -0.25) is 4.79 Å². The van der Waals surface area contributed by atoms with Crippen molar-refractivity contribution in [2.75, 3.05) is 23.8 Å². The molecule has 3 rings (SSSR count). The fourth-order valence-corrected chi connectivity index (χ4v) is 2.61. The maximum Gasteiger partial charge on any atom is 0.265 e. The molecule has 1 aromatic carbocycles. The number of carbonyl (C=O) groups is 1. The molecule has 0 unspecified atom stereocenters. The molecular weight excluding hydrogens is 230 g/mol. The quantitative estimate of drug-likeness (QED) is 0.755. The van der Waals surface area contributed by atoms with Gasteiger partial charge in [-0.05, 0) is 37.0 Å². The summed E-state index contributed by atoms with van der Waals surface area (Å²) in [6, 6.07) is 5.69. The predicted molar refractivity (Wildman–Crippen MR) is 69.4 cm³/mol. The summed E-state index contributed by atoms with van der Waals surface area (Å²) in [5.41, 5.74) is 13.0. The van der Waals surface area contributed by atoms with Crippen molar-refractivity contribution in [3.63, 3.8) is 0 Å². The minimum Gasteiger partial charge on any atom is -0.482 e. The second-order valence-electron chi connectivity index (χ2n) is 5.12. The molecule has 1 saturated carbocycles. The highest BCUT2D eigenvalue weighted by atomic mass is 16.5. The summed E-state index contributed by atoms with van der Waals surface area (Å²) >= 11 is 0. The lowest BCUT2D eigenvalue weighted by atomic mass is 9.80. The lowest BCUT2D eigenvalue weighted by molar-refractivity contribution is -0.121. The molecule has 0 radical (unpaired) electrons. The van der Waals surface area contributed by atoms with Gasteiger partial charge in [0, 0.05) is 18.3 Å². The maximum absolute atomic E-state index is 12.0. The summed E-state index contributed by atoms with van der Waals surface area (Å²) in [6.07, 6.45) is 1.98. The zero-order chi connectivity index (χ0) is 12.7. The van der Waals surface area contributed by atoms with Crippen molar-refractivity contribution >= 4 is 17.3 Å². The molecule has 2 aliphatic rings. The molecule has 1 aliphatic carbocycles. The lowest BCUT2D eigenvalue weighted by Crippen LogP contribution is -2.47. The third kappa shape index (κ3) is 1.90. The monoisotopic (exact) mass is 247 g/mol. The van der Waals surface area contributed by atoms with E-state index in [2.05, 4.69) is 0 Å². The molecule has 4 N–H and O–H groups in total. The first-order valence-corrected chi connectivity index (χ1v) is 6.22. The fraction of sp³-hybridized carbons (Fsp3) is 0.462. The van der Waals surface area contributed by atoms with Crippen LogP contribution in [0.2, 0.25) is 0 Å². The van der Waals surface area contributed by atoms with E-state index < -0.39 is 0 Å². The van der Waals surface area contributed by atoms with Crippen LogP contribution in [0.5, 0.6) is 5.75 Å². The Morgan fingerprint density at radius 1 is 1.39 bits per heavy atom. The van der Waals surface area contributed by atoms with E-state index in [9.17, 15) is 4.79 Å². The Balaban J connectivity index is 1.84. The Morgan fingerprint density at radius 2 is 2.17 bits per heavy atom. The average Bonchev–Trinajstić information content (AvgIpc) is 2.30. The van der Waals surface area contributed by atoms with Gasteiger partial charge in [-0.1, -0.05) is 0 Å². The average molecular weight is 247 g/mol. The third-order valence-electron chi connectivity index (χ3n) is 3.64. The van der Waals surface area contributed by atoms with Gasteiger partial charge in [-0.15, -0.1) is 0 Å². The molecule has 1 aliphatic heterocycles. The van der Waals surface area contributed by atoms with E-state index in [1.54, 1.807) is 17.0 Å². The summed E-state index contributed by atoms with van der Waals surface area (Å²) in [5, 5.41) is 0. The van der Waals surface area contributed by atoms with Crippen molar-refractivity contribution in [3.05, 3.63) is 18.2 Å². The van der Waals surface area contributed by atoms with Gasteiger partial charge in [0.05, 0.1) is 5.69 Å². The number of fused-ring (bicyclic) bond motifs is 1. The number of hydrogen-bond acceptors (Lipinski definition) is 4. The summed E-state index contributed by atoms with van der Waals surface area (Å²) in [6.45, 7) is 0.821. The lowest BCUT2D eigenvalue weighted by Gasteiger charge is -2.38. The zero-order valence-electron chi connectivity index (χ0n) is 10.1. The first-order chi connectivity index (χ1) is 8.63. The van der Waals surface area contributed by atoms with Crippen molar-refractivity contribution in [1.29, 1.82) is 0 Å². The molecule has 0 saturated heterocycles. The molecule has 1 aromatic rings. The van der Waals surface area contributed by atoms with E-state index in [1.165, 1.54) is 0 Å². The van der Waals surface area contributed by atoms with Crippen LogP contribution in [0.3, 0.4) is 0 Å². The molecule has 96 valence electrons. The molecule has 0 atom stereocenters. The molecule has 0 bridgehead atoms. The van der Waals surface area contributed by atoms with Gasteiger partial charge in [-0.25, -0.2) is 0 Å². The van der Waals surface area contributed by atoms with E-state index in [-0.39, 0.29) is 12.5 Å². The summed E-state index contributed by atoms with van der Waals surface area (Å²) in [5.74, 6) is 1.22. The minimum absolute atomic E-state index is 0.00595. The Bertz CT molecular complexity index is 483. The number of nitrogen functional groups attached to an aromatic ring is 1. The number of benzene rings is 1. The van der Waals surface area contributed by atoms with Crippen molar-refractivity contribution in [1.82, 2.24) is 0 Å². The van der Waals surface area contributed by atoms with E-state index in [4.69, 9.17) is 16.2 Å². The van der Waals surface area contributed by atoms with Crippen LogP contribution in [0.15, 0.2) is 18.2 Å². The van der Waals surface area contributed by atoms with Gasteiger partial charge < -0.3 is 21.1 Å². The highest BCUT2D eigenvalue weighted by molar-refractivity contribution is 5.98.